The van der Waals surface area contributed by atoms with Crippen LogP contribution in [0.3, 0.4) is 0 Å². The van der Waals surface area contributed by atoms with Gasteiger partial charge in [-0.2, -0.15) is 4.98 Å². The molecule has 0 spiro atoms. The zero-order chi connectivity index (χ0) is 16.6. The number of nitrogens with zero attached hydrogens (tertiary/aromatic N) is 3. The summed E-state index contributed by atoms with van der Waals surface area (Å²) in [6, 6.07) is 20.2. The van der Waals surface area contributed by atoms with Crippen LogP contribution in [0.2, 0.25) is 0 Å². The molecule has 6 heteroatoms. The van der Waals surface area contributed by atoms with Crippen molar-refractivity contribution in [2.24, 2.45) is 0 Å². The van der Waals surface area contributed by atoms with Crippen molar-refractivity contribution < 1.29 is 4.74 Å². The molecule has 0 atom stereocenters. The molecule has 122 valence electrons. The molecule has 1 aliphatic rings. The first kappa shape index (κ1) is 13.9. The summed E-state index contributed by atoms with van der Waals surface area (Å²) < 4.78 is 5.83. The summed E-state index contributed by atoms with van der Waals surface area (Å²) in [4.78, 5) is 14.2. The predicted molar refractivity (Wildman–Crippen MR) is 97.5 cm³/mol. The maximum atomic E-state index is 5.83. The number of fused-ring (bicyclic) bond motifs is 2. The van der Waals surface area contributed by atoms with Gasteiger partial charge >= 0.3 is 0 Å². The number of pyridine rings is 1. The summed E-state index contributed by atoms with van der Waals surface area (Å²) in [5.74, 6) is 1.67. The van der Waals surface area contributed by atoms with Crippen LogP contribution in [0.15, 0.2) is 66.9 Å². The number of rotatable bonds is 3. The molecule has 2 aromatic carbocycles. The smallest absolute Gasteiger partial charge is 0.300 e. The Hall–Kier alpha value is -3.54. The Morgan fingerprint density at radius 3 is 2.72 bits per heavy atom. The number of hydrogen-bond acceptors (Lipinski definition) is 5. The predicted octanol–water partition coefficient (Wildman–Crippen LogP) is 4.27. The Morgan fingerprint density at radius 1 is 0.960 bits per heavy atom. The first-order chi connectivity index (χ1) is 12.4. The fourth-order valence-corrected chi connectivity index (χ4v) is 2.99. The first-order valence-electron chi connectivity index (χ1n) is 8.06. The number of ether oxygens (including phenoxy) is 1. The van der Waals surface area contributed by atoms with Gasteiger partial charge in [0.2, 0.25) is 0 Å². The van der Waals surface area contributed by atoms with Crippen molar-refractivity contribution in [2.45, 2.75) is 0 Å². The second-order valence-electron chi connectivity index (χ2n) is 5.79. The van der Waals surface area contributed by atoms with Crippen molar-refractivity contribution in [1.82, 2.24) is 15.0 Å². The van der Waals surface area contributed by atoms with Crippen molar-refractivity contribution in [3.8, 4) is 11.8 Å². The van der Waals surface area contributed by atoms with E-state index in [2.05, 4.69) is 25.2 Å². The number of aromatic amines is 1. The highest BCUT2D eigenvalue weighted by molar-refractivity contribution is 5.78. The zero-order valence-electron chi connectivity index (χ0n) is 13.3. The molecule has 2 N–H and O–H groups in total. The Balaban J connectivity index is 1.39. The van der Waals surface area contributed by atoms with E-state index in [0.717, 1.165) is 34.0 Å². The zero-order valence-corrected chi connectivity index (χ0v) is 13.3. The minimum atomic E-state index is 0.490. The van der Waals surface area contributed by atoms with Gasteiger partial charge in [0.1, 0.15) is 5.75 Å². The van der Waals surface area contributed by atoms with Crippen LogP contribution in [0.1, 0.15) is 0 Å². The molecule has 0 bridgehead atoms. The van der Waals surface area contributed by atoms with E-state index in [4.69, 9.17) is 4.74 Å². The number of anilines is 3. The van der Waals surface area contributed by atoms with Crippen LogP contribution in [-0.4, -0.2) is 21.6 Å². The van der Waals surface area contributed by atoms with E-state index >= 15 is 0 Å². The Kier molecular flexibility index (Phi) is 3.06. The molecule has 0 saturated carbocycles. The lowest BCUT2D eigenvalue weighted by Gasteiger charge is -2.17. The molecule has 0 fully saturated rings. The highest BCUT2D eigenvalue weighted by Gasteiger charge is 2.20. The van der Waals surface area contributed by atoms with Crippen LogP contribution in [0.4, 0.5) is 17.2 Å². The average molecular weight is 329 g/mol. The van der Waals surface area contributed by atoms with Crippen LogP contribution in [-0.2, 0) is 0 Å². The van der Waals surface area contributed by atoms with Gasteiger partial charge in [-0.25, -0.2) is 4.98 Å². The van der Waals surface area contributed by atoms with E-state index in [0.29, 0.717) is 12.7 Å². The Labute approximate surface area is 144 Å². The maximum Gasteiger partial charge on any atom is 0.300 e. The number of para-hydroxylation sites is 2. The molecule has 6 nitrogen and oxygen atoms in total. The van der Waals surface area contributed by atoms with Crippen molar-refractivity contribution in [3.05, 3.63) is 66.9 Å². The lowest BCUT2D eigenvalue weighted by Crippen LogP contribution is -2.16. The van der Waals surface area contributed by atoms with Crippen LogP contribution in [0, 0.1) is 0 Å². The third-order valence-corrected chi connectivity index (χ3v) is 4.20. The van der Waals surface area contributed by atoms with Crippen molar-refractivity contribution in [3.63, 3.8) is 0 Å². The van der Waals surface area contributed by atoms with Crippen LogP contribution in [0.5, 0.6) is 11.8 Å². The molecule has 0 radical (unpaired) electrons. The topological polar surface area (TPSA) is 66.1 Å². The monoisotopic (exact) mass is 329 g/mol. The summed E-state index contributed by atoms with van der Waals surface area (Å²) in [6.07, 6.45) is 1.80. The van der Waals surface area contributed by atoms with Crippen LogP contribution < -0.4 is 15.0 Å². The molecule has 5 rings (SSSR count). The van der Waals surface area contributed by atoms with E-state index < -0.39 is 0 Å². The summed E-state index contributed by atoms with van der Waals surface area (Å²) >= 11 is 0. The van der Waals surface area contributed by atoms with Gasteiger partial charge in [0, 0.05) is 11.9 Å². The maximum absolute atomic E-state index is 5.83. The summed E-state index contributed by atoms with van der Waals surface area (Å²) in [6.45, 7) is 0.704. The van der Waals surface area contributed by atoms with E-state index in [1.807, 2.05) is 60.7 Å². The number of nitrogens with one attached hydrogen (secondary N) is 2. The van der Waals surface area contributed by atoms with Gasteiger partial charge in [0.25, 0.3) is 6.01 Å². The van der Waals surface area contributed by atoms with Crippen LogP contribution >= 0.6 is 0 Å². The molecular weight excluding hydrogens is 314 g/mol. The normalized spacial score (nSPS) is 12.9. The highest BCUT2D eigenvalue weighted by atomic mass is 16.5. The van der Waals surface area contributed by atoms with E-state index in [1.54, 1.807) is 6.20 Å². The number of hydrogen-bond donors (Lipinski definition) is 2. The van der Waals surface area contributed by atoms with Crippen LogP contribution in [0.25, 0.3) is 11.0 Å². The van der Waals surface area contributed by atoms with Gasteiger partial charge in [-0.1, -0.05) is 12.1 Å². The highest BCUT2D eigenvalue weighted by Crippen LogP contribution is 2.35. The fraction of sp³-hybridized carbons (Fsp3) is 0.0526. The van der Waals surface area contributed by atoms with Gasteiger partial charge in [-0.05, 0) is 48.5 Å². The van der Waals surface area contributed by atoms with Gasteiger partial charge in [-0.15, -0.1) is 0 Å². The molecule has 0 unspecified atom stereocenters. The quantitative estimate of drug-likeness (QED) is 0.587. The van der Waals surface area contributed by atoms with E-state index in [9.17, 15) is 0 Å². The lowest BCUT2D eigenvalue weighted by molar-refractivity contribution is 0.449. The molecule has 0 saturated heterocycles. The van der Waals surface area contributed by atoms with Gasteiger partial charge in [0.15, 0.2) is 5.82 Å². The number of H-pyrrole nitrogens is 1. The standard InChI is InChI=1S/C19H15N5O/c1-2-5-16-15(4-1)22-19(23-16)25-14-9-7-13(8-10-14)24-12-21-17-6-3-11-20-18(17)24/h1-11,21H,12H2,(H,22,23). The third-order valence-electron chi connectivity index (χ3n) is 4.20. The van der Waals surface area contributed by atoms with E-state index in [-0.39, 0.29) is 0 Å². The number of imidazole rings is 1. The van der Waals surface area contributed by atoms with Gasteiger partial charge in [0.05, 0.1) is 23.4 Å². The second-order valence-corrected chi connectivity index (χ2v) is 5.79. The Bertz CT molecular complexity index is 1010. The first-order valence-corrected chi connectivity index (χ1v) is 8.06. The fourth-order valence-electron chi connectivity index (χ4n) is 2.99. The number of aromatic nitrogens is 3. The Morgan fingerprint density at radius 2 is 1.84 bits per heavy atom. The minimum Gasteiger partial charge on any atom is -0.426 e. The molecular formula is C19H15N5O. The SMILES string of the molecule is c1cnc2c(c1)NCN2c1ccc(Oc2nc3ccccc3[nH]2)cc1. The summed E-state index contributed by atoms with van der Waals surface area (Å²) in [5, 5.41) is 3.34. The molecule has 0 aliphatic carbocycles. The lowest BCUT2D eigenvalue weighted by atomic mass is 10.3. The van der Waals surface area contributed by atoms with Gasteiger partial charge in [-0.3, -0.25) is 0 Å². The van der Waals surface area contributed by atoms with Gasteiger partial charge < -0.3 is 19.9 Å². The molecule has 4 aromatic rings. The summed E-state index contributed by atoms with van der Waals surface area (Å²) in [5.41, 5.74) is 3.95. The summed E-state index contributed by atoms with van der Waals surface area (Å²) in [7, 11) is 0. The second kappa shape index (κ2) is 5.52. The van der Waals surface area contributed by atoms with E-state index in [1.165, 1.54) is 0 Å². The molecule has 0 amide bonds. The largest absolute Gasteiger partial charge is 0.426 e. The average Bonchev–Trinajstić information content (AvgIpc) is 3.26. The van der Waals surface area contributed by atoms with Crippen molar-refractivity contribution in [1.29, 1.82) is 0 Å². The number of benzene rings is 2. The third kappa shape index (κ3) is 2.44. The van der Waals surface area contributed by atoms with Crippen molar-refractivity contribution in [2.75, 3.05) is 16.9 Å². The van der Waals surface area contributed by atoms with Crippen molar-refractivity contribution >= 4 is 28.2 Å². The molecule has 3 heterocycles. The molecule has 1 aliphatic heterocycles. The molecule has 2 aromatic heterocycles. The molecule has 25 heavy (non-hydrogen) atoms. The minimum absolute atomic E-state index is 0.490.